The van der Waals surface area contributed by atoms with E-state index in [1.54, 1.807) is 19.2 Å². The third-order valence-corrected chi connectivity index (χ3v) is 3.48. The fourth-order valence-corrected chi connectivity index (χ4v) is 2.39. The molecular formula is C17H20N2O3. The number of nitro benzene ring substituents is 1. The van der Waals surface area contributed by atoms with Crippen LogP contribution < -0.4 is 10.1 Å². The predicted octanol–water partition coefficient (Wildman–Crippen LogP) is 4.17. The monoisotopic (exact) mass is 300 g/mol. The number of para-hydroxylation sites is 1. The molecule has 0 atom stereocenters. The van der Waals surface area contributed by atoms with Crippen molar-refractivity contribution in [2.75, 3.05) is 12.4 Å². The lowest BCUT2D eigenvalue weighted by molar-refractivity contribution is -0.384. The Morgan fingerprint density at radius 3 is 2.64 bits per heavy atom. The van der Waals surface area contributed by atoms with Crippen molar-refractivity contribution in [3.63, 3.8) is 0 Å². The topological polar surface area (TPSA) is 64.4 Å². The van der Waals surface area contributed by atoms with E-state index >= 15 is 0 Å². The van der Waals surface area contributed by atoms with E-state index in [0.29, 0.717) is 12.3 Å². The molecule has 0 saturated heterocycles. The molecule has 2 aromatic rings. The van der Waals surface area contributed by atoms with Crippen molar-refractivity contribution in [1.29, 1.82) is 0 Å². The predicted molar refractivity (Wildman–Crippen MR) is 87.4 cm³/mol. The second-order valence-electron chi connectivity index (χ2n) is 5.01. The Morgan fingerprint density at radius 1 is 1.18 bits per heavy atom. The molecule has 0 aliphatic heterocycles. The van der Waals surface area contributed by atoms with Crippen LogP contribution in [0.2, 0.25) is 0 Å². The molecule has 0 aromatic heterocycles. The minimum absolute atomic E-state index is 0.0689. The molecule has 0 radical (unpaired) electrons. The highest BCUT2D eigenvalue weighted by atomic mass is 16.6. The Morgan fingerprint density at radius 2 is 1.95 bits per heavy atom. The maximum Gasteiger partial charge on any atom is 0.270 e. The van der Waals surface area contributed by atoms with E-state index in [-0.39, 0.29) is 5.69 Å². The Balaban J connectivity index is 2.20. The van der Waals surface area contributed by atoms with Crippen LogP contribution in [0.3, 0.4) is 0 Å². The molecule has 0 saturated carbocycles. The lowest BCUT2D eigenvalue weighted by atomic mass is 10.1. The van der Waals surface area contributed by atoms with Gasteiger partial charge in [0.15, 0.2) is 0 Å². The van der Waals surface area contributed by atoms with Crippen LogP contribution in [0.4, 0.5) is 11.4 Å². The maximum absolute atomic E-state index is 10.9. The Labute approximate surface area is 130 Å². The van der Waals surface area contributed by atoms with Crippen LogP contribution in [0.15, 0.2) is 42.5 Å². The summed E-state index contributed by atoms with van der Waals surface area (Å²) in [6.45, 7) is 2.62. The van der Waals surface area contributed by atoms with Crippen LogP contribution >= 0.6 is 0 Å². The van der Waals surface area contributed by atoms with Gasteiger partial charge in [0, 0.05) is 29.9 Å². The fourth-order valence-electron chi connectivity index (χ4n) is 2.39. The number of methoxy groups -OCH3 is 1. The quantitative estimate of drug-likeness (QED) is 0.615. The highest BCUT2D eigenvalue weighted by molar-refractivity contribution is 5.53. The maximum atomic E-state index is 10.9. The summed E-state index contributed by atoms with van der Waals surface area (Å²) in [5.74, 6) is 0.645. The molecule has 0 fully saturated rings. The Bertz CT molecular complexity index is 656. The average molecular weight is 300 g/mol. The van der Waals surface area contributed by atoms with E-state index in [1.165, 1.54) is 11.6 Å². The molecule has 0 bridgehead atoms. The summed E-state index contributed by atoms with van der Waals surface area (Å²) in [4.78, 5) is 10.5. The Kier molecular flexibility index (Phi) is 5.36. The van der Waals surface area contributed by atoms with Gasteiger partial charge in [-0.05, 0) is 24.1 Å². The zero-order valence-electron chi connectivity index (χ0n) is 12.8. The van der Waals surface area contributed by atoms with Crippen molar-refractivity contribution in [3.8, 4) is 5.75 Å². The van der Waals surface area contributed by atoms with E-state index in [4.69, 9.17) is 4.74 Å². The smallest absolute Gasteiger partial charge is 0.270 e. The molecule has 2 aromatic carbocycles. The molecule has 22 heavy (non-hydrogen) atoms. The number of non-ortho nitro benzene ring substituents is 1. The zero-order chi connectivity index (χ0) is 15.9. The molecule has 116 valence electrons. The van der Waals surface area contributed by atoms with Crippen LogP contribution in [0, 0.1) is 10.1 Å². The van der Waals surface area contributed by atoms with Crippen LogP contribution in [-0.2, 0) is 13.0 Å². The summed E-state index contributed by atoms with van der Waals surface area (Å²) in [6.07, 6.45) is 2.06. The van der Waals surface area contributed by atoms with Gasteiger partial charge in [-0.2, -0.15) is 0 Å². The molecule has 0 heterocycles. The number of hydrogen-bond donors (Lipinski definition) is 1. The highest BCUT2D eigenvalue weighted by Gasteiger charge is 2.11. The minimum Gasteiger partial charge on any atom is -0.496 e. The van der Waals surface area contributed by atoms with Gasteiger partial charge in [0.25, 0.3) is 5.69 Å². The number of aryl methyl sites for hydroxylation is 1. The van der Waals surface area contributed by atoms with Crippen molar-refractivity contribution in [2.45, 2.75) is 26.3 Å². The summed E-state index contributed by atoms with van der Waals surface area (Å²) in [5.41, 5.74) is 3.13. The minimum atomic E-state index is -0.395. The number of nitro groups is 1. The van der Waals surface area contributed by atoms with Gasteiger partial charge in [-0.3, -0.25) is 10.1 Å². The average Bonchev–Trinajstić information content (AvgIpc) is 2.54. The molecule has 0 aliphatic carbocycles. The second-order valence-corrected chi connectivity index (χ2v) is 5.01. The molecule has 0 unspecified atom stereocenters. The summed E-state index contributed by atoms with van der Waals surface area (Å²) in [6, 6.07) is 12.7. The SMILES string of the molecule is CCCc1ccccc1NCc1cc([N+](=O)[O-])ccc1OC. The zero-order valence-corrected chi connectivity index (χ0v) is 12.8. The second kappa shape index (κ2) is 7.45. The van der Waals surface area contributed by atoms with E-state index in [0.717, 1.165) is 24.1 Å². The molecule has 0 spiro atoms. The van der Waals surface area contributed by atoms with E-state index < -0.39 is 4.92 Å². The van der Waals surface area contributed by atoms with Crippen molar-refractivity contribution in [3.05, 3.63) is 63.7 Å². The first-order valence-corrected chi connectivity index (χ1v) is 7.28. The first-order valence-electron chi connectivity index (χ1n) is 7.28. The highest BCUT2D eigenvalue weighted by Crippen LogP contribution is 2.26. The summed E-state index contributed by atoms with van der Waals surface area (Å²) >= 11 is 0. The number of benzene rings is 2. The molecule has 5 heteroatoms. The van der Waals surface area contributed by atoms with Crippen LogP contribution in [0.5, 0.6) is 5.75 Å². The van der Waals surface area contributed by atoms with Crippen molar-refractivity contribution < 1.29 is 9.66 Å². The number of hydrogen-bond acceptors (Lipinski definition) is 4. The summed E-state index contributed by atoms with van der Waals surface area (Å²) in [5, 5.41) is 14.3. The van der Waals surface area contributed by atoms with Gasteiger partial charge in [-0.15, -0.1) is 0 Å². The number of rotatable bonds is 7. The molecule has 1 N–H and O–H groups in total. The van der Waals surface area contributed by atoms with Gasteiger partial charge >= 0.3 is 0 Å². The first-order chi connectivity index (χ1) is 10.7. The van der Waals surface area contributed by atoms with Gasteiger partial charge in [0.05, 0.1) is 12.0 Å². The van der Waals surface area contributed by atoms with Crippen LogP contribution in [0.1, 0.15) is 24.5 Å². The molecule has 0 aliphatic rings. The first kappa shape index (κ1) is 15.8. The molecule has 0 amide bonds. The largest absolute Gasteiger partial charge is 0.496 e. The van der Waals surface area contributed by atoms with E-state index in [9.17, 15) is 10.1 Å². The summed E-state index contributed by atoms with van der Waals surface area (Å²) < 4.78 is 5.28. The van der Waals surface area contributed by atoms with E-state index in [1.807, 2.05) is 18.2 Å². The molecular weight excluding hydrogens is 280 g/mol. The van der Waals surface area contributed by atoms with Crippen LogP contribution in [-0.4, -0.2) is 12.0 Å². The number of nitrogens with one attached hydrogen (secondary N) is 1. The van der Waals surface area contributed by atoms with Gasteiger partial charge < -0.3 is 10.1 Å². The fraction of sp³-hybridized carbons (Fsp3) is 0.294. The van der Waals surface area contributed by atoms with Crippen molar-refractivity contribution in [1.82, 2.24) is 0 Å². The van der Waals surface area contributed by atoms with Crippen molar-refractivity contribution >= 4 is 11.4 Å². The lowest BCUT2D eigenvalue weighted by Gasteiger charge is -2.13. The molecule has 5 nitrogen and oxygen atoms in total. The standard InChI is InChI=1S/C17H20N2O3/c1-3-6-13-7-4-5-8-16(13)18-12-14-11-15(19(20)21)9-10-17(14)22-2/h4-5,7-11,18H,3,6,12H2,1-2H3. The van der Waals surface area contributed by atoms with E-state index in [2.05, 4.69) is 18.3 Å². The molecule has 2 rings (SSSR count). The number of ether oxygens (including phenoxy) is 1. The van der Waals surface area contributed by atoms with Crippen molar-refractivity contribution in [2.24, 2.45) is 0 Å². The lowest BCUT2D eigenvalue weighted by Crippen LogP contribution is -2.04. The number of anilines is 1. The van der Waals surface area contributed by atoms with Gasteiger partial charge in [-0.1, -0.05) is 31.5 Å². The third-order valence-electron chi connectivity index (χ3n) is 3.48. The normalized spacial score (nSPS) is 10.3. The summed E-state index contributed by atoms with van der Waals surface area (Å²) in [7, 11) is 1.57. The van der Waals surface area contributed by atoms with Gasteiger partial charge in [0.2, 0.25) is 0 Å². The van der Waals surface area contributed by atoms with Gasteiger partial charge in [0.1, 0.15) is 5.75 Å². The number of nitrogens with zero attached hydrogens (tertiary/aromatic N) is 1. The van der Waals surface area contributed by atoms with Gasteiger partial charge in [-0.25, -0.2) is 0 Å². The third kappa shape index (κ3) is 3.75. The van der Waals surface area contributed by atoms with Crippen LogP contribution in [0.25, 0.3) is 0 Å². The Hall–Kier alpha value is -2.56.